The molecule has 1 aliphatic carbocycles. The molecule has 0 atom stereocenters. The quantitative estimate of drug-likeness (QED) is 0.229. The van der Waals surface area contributed by atoms with Gasteiger partial charge in [-0.2, -0.15) is 0 Å². The zero-order valence-corrected chi connectivity index (χ0v) is 23.2. The first-order chi connectivity index (χ1) is 17.5. The number of halogens is 2. The van der Waals surface area contributed by atoms with Gasteiger partial charge in [0.15, 0.2) is 10.8 Å². The van der Waals surface area contributed by atoms with Gasteiger partial charge in [-0.15, -0.1) is 0 Å². The lowest BCUT2D eigenvalue weighted by molar-refractivity contribution is 0.0633. The molecule has 37 heavy (non-hydrogen) atoms. The fourth-order valence-electron chi connectivity index (χ4n) is 4.29. The number of rotatable bonds is 7. The van der Waals surface area contributed by atoms with E-state index in [0.717, 1.165) is 38.7 Å². The Morgan fingerprint density at radius 3 is 2.59 bits per heavy atom. The lowest BCUT2D eigenvalue weighted by atomic mass is 10.0. The summed E-state index contributed by atoms with van der Waals surface area (Å²) in [5.74, 6) is -0.569. The van der Waals surface area contributed by atoms with Crippen LogP contribution < -0.4 is 5.32 Å². The molecule has 1 aliphatic heterocycles. The number of carboxylic acid groups (broad SMARTS) is 1. The van der Waals surface area contributed by atoms with Gasteiger partial charge in [-0.25, -0.2) is 14.6 Å². The molecule has 0 saturated heterocycles. The van der Waals surface area contributed by atoms with Crippen molar-refractivity contribution in [3.8, 4) is 22.3 Å². The first-order valence-electron chi connectivity index (χ1n) is 11.8. The van der Waals surface area contributed by atoms with Crippen LogP contribution in [0, 0.1) is 0 Å². The predicted molar refractivity (Wildman–Crippen MR) is 146 cm³/mol. The molecular weight excluding hydrogens is 562 g/mol. The zero-order valence-electron chi connectivity index (χ0n) is 20.9. The second-order valence-corrected chi connectivity index (χ2v) is 10.7. The van der Waals surface area contributed by atoms with Gasteiger partial charge in [0.05, 0.1) is 24.8 Å². The van der Waals surface area contributed by atoms with E-state index in [1.165, 1.54) is 0 Å². The van der Waals surface area contributed by atoms with Crippen LogP contribution in [0.3, 0.4) is 0 Å². The number of amides is 1. The third-order valence-electron chi connectivity index (χ3n) is 5.70. The van der Waals surface area contributed by atoms with E-state index < -0.39 is 17.7 Å². The molecule has 1 aromatic carbocycles. The molecule has 8 nitrogen and oxygen atoms in total. The molecule has 1 aromatic heterocycles. The topological polar surface area (TPSA) is 107 Å². The molecule has 0 radical (unpaired) electrons. The average molecular weight is 589 g/mol. The Morgan fingerprint density at radius 1 is 1.19 bits per heavy atom. The molecule has 2 heterocycles. The van der Waals surface area contributed by atoms with E-state index >= 15 is 0 Å². The van der Waals surface area contributed by atoms with Crippen LogP contribution >= 0.6 is 27.5 Å². The lowest BCUT2D eigenvalue weighted by Gasteiger charge is -2.21. The Kier molecular flexibility index (Phi) is 7.66. The number of anilines is 1. The van der Waals surface area contributed by atoms with Crippen LogP contribution in [0.1, 0.15) is 56.0 Å². The highest BCUT2D eigenvalue weighted by Gasteiger charge is 2.29. The molecule has 0 bridgehead atoms. The number of imidazole rings is 1. The van der Waals surface area contributed by atoms with Crippen LogP contribution in [0.5, 0.6) is 0 Å². The zero-order chi connectivity index (χ0) is 26.9. The number of aryl methyl sites for hydroxylation is 1. The van der Waals surface area contributed by atoms with Crippen molar-refractivity contribution < 1.29 is 23.8 Å². The van der Waals surface area contributed by atoms with E-state index in [-0.39, 0.29) is 17.4 Å². The Bertz CT molecular complexity index is 1440. The van der Waals surface area contributed by atoms with Crippen LogP contribution in [0.2, 0.25) is 5.15 Å². The van der Waals surface area contributed by atoms with Gasteiger partial charge in [0.25, 0.3) is 0 Å². The van der Waals surface area contributed by atoms with E-state index in [4.69, 9.17) is 20.8 Å². The van der Waals surface area contributed by atoms with Gasteiger partial charge < -0.3 is 18.8 Å². The number of nitrogens with zero attached hydrogens (tertiary/aromatic N) is 2. The van der Waals surface area contributed by atoms with Crippen LogP contribution in [0.15, 0.2) is 51.7 Å². The summed E-state index contributed by atoms with van der Waals surface area (Å²) in [6.45, 7) is 7.58. The van der Waals surface area contributed by atoms with Crippen molar-refractivity contribution >= 4 is 45.3 Å². The Hall–Kier alpha value is -3.30. The number of nitrogens with one attached hydrogen (secondary N) is 1. The van der Waals surface area contributed by atoms with Crippen LogP contribution in [0.25, 0.3) is 22.3 Å². The number of ether oxygens (including phenoxy) is 1. The van der Waals surface area contributed by atoms with E-state index in [2.05, 4.69) is 26.2 Å². The molecule has 0 unspecified atom stereocenters. The molecule has 4 rings (SSSR count). The first-order valence-corrected chi connectivity index (χ1v) is 12.9. The Morgan fingerprint density at radius 2 is 1.92 bits per heavy atom. The fourth-order valence-corrected chi connectivity index (χ4v) is 5.33. The number of hydrogen-bond donors (Lipinski definition) is 2. The van der Waals surface area contributed by atoms with Crippen molar-refractivity contribution in [2.45, 2.75) is 52.7 Å². The highest BCUT2D eigenvalue weighted by molar-refractivity contribution is 9.10. The molecule has 0 spiro atoms. The maximum absolute atomic E-state index is 12.6. The van der Waals surface area contributed by atoms with Crippen molar-refractivity contribution in [3.63, 3.8) is 0 Å². The lowest BCUT2D eigenvalue weighted by Crippen LogP contribution is -2.27. The van der Waals surface area contributed by atoms with E-state index in [0.29, 0.717) is 17.9 Å². The van der Waals surface area contributed by atoms with Crippen LogP contribution in [-0.2, 0) is 17.7 Å². The molecule has 2 aliphatic rings. The largest absolute Gasteiger partial charge is 0.476 e. The second kappa shape index (κ2) is 10.6. The highest BCUT2D eigenvalue weighted by Crippen LogP contribution is 2.48. The van der Waals surface area contributed by atoms with Gasteiger partial charge in [0.1, 0.15) is 11.4 Å². The number of benzene rings is 1. The highest BCUT2D eigenvalue weighted by atomic mass is 79.9. The maximum Gasteiger partial charge on any atom is 0.412 e. The summed E-state index contributed by atoms with van der Waals surface area (Å²) in [4.78, 5) is 29.1. The SMILES string of the molecule is CCCc1nc(Cl)c(C(=O)O)n1Cc1c2ccocc-2c(Br)c1-c1ccccc1NC(=O)OC(C)(C)C. The minimum atomic E-state index is -1.15. The number of hydrogen-bond acceptors (Lipinski definition) is 5. The minimum Gasteiger partial charge on any atom is -0.476 e. The summed E-state index contributed by atoms with van der Waals surface area (Å²) in [5.41, 5.74) is 3.82. The molecule has 194 valence electrons. The monoisotopic (exact) mass is 587 g/mol. The van der Waals surface area contributed by atoms with Crippen molar-refractivity contribution in [1.82, 2.24) is 9.55 Å². The van der Waals surface area contributed by atoms with Gasteiger partial charge in [-0.3, -0.25) is 5.32 Å². The molecule has 2 aromatic rings. The first kappa shape index (κ1) is 26.8. The van der Waals surface area contributed by atoms with Crippen LogP contribution in [0.4, 0.5) is 10.5 Å². The van der Waals surface area contributed by atoms with Gasteiger partial charge >= 0.3 is 12.1 Å². The summed E-state index contributed by atoms with van der Waals surface area (Å²) in [5, 5.41) is 12.7. The smallest absolute Gasteiger partial charge is 0.412 e. The van der Waals surface area contributed by atoms with Crippen LogP contribution in [-0.4, -0.2) is 32.3 Å². The molecule has 2 N–H and O–H groups in total. The Balaban J connectivity index is 1.91. The molecular formula is C27H27BrClN3O5. The van der Waals surface area contributed by atoms with Gasteiger partial charge in [0, 0.05) is 27.6 Å². The van der Waals surface area contributed by atoms with Gasteiger partial charge in [-0.05, 0) is 66.4 Å². The standard InChI is InChI=1S/C27H27BrClN3O5/c1-5-8-20-31-24(29)23(25(33)34)32(20)13-17-15-11-12-36-14-18(15)22(28)21(17)16-9-6-7-10-19(16)30-26(35)37-27(2,3)4/h6-7,9-12,14H,5,8,13H2,1-4H3,(H,30,35)(H,33,34). The minimum absolute atomic E-state index is 0.0468. The number of carbonyl (C=O) groups excluding carboxylic acids is 1. The number of carboxylic acids is 1. The molecule has 1 amide bonds. The molecule has 0 saturated carbocycles. The molecule has 10 heteroatoms. The predicted octanol–water partition coefficient (Wildman–Crippen LogP) is 7.71. The average Bonchev–Trinajstić information content (AvgIpc) is 3.27. The summed E-state index contributed by atoms with van der Waals surface area (Å²) < 4.78 is 13.3. The van der Waals surface area contributed by atoms with Gasteiger partial charge in [-0.1, -0.05) is 36.7 Å². The van der Waals surface area contributed by atoms with E-state index in [9.17, 15) is 14.7 Å². The maximum atomic E-state index is 12.6. The van der Waals surface area contributed by atoms with Crippen molar-refractivity contribution in [3.05, 3.63) is 69.6 Å². The van der Waals surface area contributed by atoms with E-state index in [1.807, 2.05) is 31.2 Å². The number of fused-ring (bicyclic) bond motifs is 1. The number of para-hydroxylation sites is 1. The number of carbonyl (C=O) groups is 2. The summed E-state index contributed by atoms with van der Waals surface area (Å²) in [7, 11) is 0. The summed E-state index contributed by atoms with van der Waals surface area (Å²) in [6.07, 6.45) is 3.95. The number of aromatic nitrogens is 2. The normalized spacial score (nSPS) is 11.6. The second-order valence-electron chi connectivity index (χ2n) is 9.53. The van der Waals surface area contributed by atoms with Gasteiger partial charge in [0.2, 0.25) is 0 Å². The number of aromatic carboxylic acids is 1. The summed E-state index contributed by atoms with van der Waals surface area (Å²) >= 11 is 10.00. The fraction of sp³-hybridized carbons (Fsp3) is 0.296. The summed E-state index contributed by atoms with van der Waals surface area (Å²) in [6, 6.07) is 9.20. The molecule has 0 fully saturated rings. The third kappa shape index (κ3) is 5.52. The van der Waals surface area contributed by atoms with Crippen molar-refractivity contribution in [2.24, 2.45) is 0 Å². The Labute approximate surface area is 228 Å². The van der Waals surface area contributed by atoms with E-state index in [1.54, 1.807) is 43.9 Å². The van der Waals surface area contributed by atoms with Crippen molar-refractivity contribution in [2.75, 3.05) is 5.32 Å². The third-order valence-corrected chi connectivity index (χ3v) is 6.79. The van der Waals surface area contributed by atoms with Crippen molar-refractivity contribution in [1.29, 1.82) is 0 Å².